The molecule has 1 atom stereocenters. The lowest BCUT2D eigenvalue weighted by atomic mass is 9.99. The lowest BCUT2D eigenvalue weighted by Crippen LogP contribution is -2.31. The van der Waals surface area contributed by atoms with Crippen molar-refractivity contribution in [3.05, 3.63) is 46.8 Å². The Morgan fingerprint density at radius 1 is 1.42 bits per heavy atom. The van der Waals surface area contributed by atoms with Crippen LogP contribution in [0.1, 0.15) is 23.5 Å². The van der Waals surface area contributed by atoms with Gasteiger partial charge in [-0.15, -0.1) is 0 Å². The normalized spacial score (nSPS) is 18.0. The number of hydrogen-bond acceptors (Lipinski definition) is 3. The summed E-state index contributed by atoms with van der Waals surface area (Å²) in [7, 11) is 1.99. The van der Waals surface area contributed by atoms with Crippen LogP contribution < -0.4 is 0 Å². The van der Waals surface area contributed by atoms with Gasteiger partial charge in [-0.05, 0) is 31.0 Å². The Balaban J connectivity index is 1.61. The van der Waals surface area contributed by atoms with Crippen molar-refractivity contribution in [2.45, 2.75) is 32.1 Å². The molecule has 1 unspecified atom stereocenters. The molecule has 130 valence electrons. The fourth-order valence-corrected chi connectivity index (χ4v) is 3.31. The molecule has 3 rings (SSSR count). The molecule has 0 aliphatic carbocycles. The minimum absolute atomic E-state index is 0.290. The van der Waals surface area contributed by atoms with Crippen LogP contribution in [0, 0.1) is 5.92 Å². The third kappa shape index (κ3) is 3.89. The molecule has 0 fully saturated rings. The van der Waals surface area contributed by atoms with Gasteiger partial charge >= 0.3 is 6.18 Å². The van der Waals surface area contributed by atoms with Crippen LogP contribution in [0.25, 0.3) is 0 Å². The summed E-state index contributed by atoms with van der Waals surface area (Å²) in [5.74, 6) is 0.816. The molecule has 8 heteroatoms. The summed E-state index contributed by atoms with van der Waals surface area (Å²) < 4.78 is 39.9. The molecule has 0 saturated heterocycles. The number of nitrogens with zero attached hydrogens (tertiary/aromatic N) is 4. The molecule has 0 N–H and O–H groups in total. The van der Waals surface area contributed by atoms with Crippen molar-refractivity contribution in [1.82, 2.24) is 19.4 Å². The van der Waals surface area contributed by atoms with Crippen LogP contribution >= 0.6 is 11.6 Å². The molecule has 1 aliphatic heterocycles. The number of alkyl halides is 3. The first-order valence-corrected chi connectivity index (χ1v) is 8.11. The quantitative estimate of drug-likeness (QED) is 0.836. The molecular formula is C16H18ClF3N4. The zero-order valence-corrected chi connectivity index (χ0v) is 14.0. The van der Waals surface area contributed by atoms with E-state index >= 15 is 0 Å². The third-order valence-corrected chi connectivity index (χ3v) is 4.59. The summed E-state index contributed by atoms with van der Waals surface area (Å²) in [4.78, 5) is 9.81. The Bertz CT molecular complexity index is 714. The van der Waals surface area contributed by atoms with E-state index in [9.17, 15) is 13.2 Å². The number of rotatable bonds is 4. The fraction of sp³-hybridized carbons (Fsp3) is 0.500. The highest BCUT2D eigenvalue weighted by Gasteiger charge is 2.35. The predicted octanol–water partition coefficient (Wildman–Crippen LogP) is 3.64. The first-order chi connectivity index (χ1) is 11.3. The number of pyridine rings is 1. The van der Waals surface area contributed by atoms with Crippen LogP contribution in [0.3, 0.4) is 0 Å². The minimum atomic E-state index is -4.38. The summed E-state index contributed by atoms with van der Waals surface area (Å²) in [5, 5.41) is 0.625. The van der Waals surface area contributed by atoms with Gasteiger partial charge in [-0.25, -0.2) is 4.98 Å². The molecule has 0 bridgehead atoms. The summed E-state index contributed by atoms with van der Waals surface area (Å²) >= 11 is 6.12. The van der Waals surface area contributed by atoms with Crippen molar-refractivity contribution < 1.29 is 13.2 Å². The molecule has 0 aromatic carbocycles. The van der Waals surface area contributed by atoms with Crippen molar-refractivity contribution >= 4 is 11.6 Å². The maximum absolute atomic E-state index is 12.8. The topological polar surface area (TPSA) is 34.0 Å². The zero-order chi connectivity index (χ0) is 17.3. The molecular weight excluding hydrogens is 341 g/mol. The van der Waals surface area contributed by atoms with Gasteiger partial charge in [0.2, 0.25) is 0 Å². The van der Waals surface area contributed by atoms with Crippen molar-refractivity contribution in [3.8, 4) is 0 Å². The number of halogens is 4. The molecule has 24 heavy (non-hydrogen) atoms. The fourth-order valence-electron chi connectivity index (χ4n) is 3.13. The summed E-state index contributed by atoms with van der Waals surface area (Å²) in [6.07, 6.45) is 1.47. The van der Waals surface area contributed by atoms with Gasteiger partial charge in [0.15, 0.2) is 5.69 Å². The first kappa shape index (κ1) is 17.2. The second-order valence-corrected chi connectivity index (χ2v) is 6.67. The number of fused-ring (bicyclic) bond motifs is 1. The van der Waals surface area contributed by atoms with Crippen LogP contribution in [0.4, 0.5) is 13.2 Å². The lowest BCUT2D eigenvalue weighted by Gasteiger charge is -2.28. The number of hydrogen-bond donors (Lipinski definition) is 0. The summed E-state index contributed by atoms with van der Waals surface area (Å²) in [6, 6.07) is 1.88. The maximum atomic E-state index is 12.8. The summed E-state index contributed by atoms with van der Waals surface area (Å²) in [6.45, 7) is 2.03. The second kappa shape index (κ2) is 6.72. The van der Waals surface area contributed by atoms with Gasteiger partial charge in [-0.1, -0.05) is 11.6 Å². The van der Waals surface area contributed by atoms with E-state index in [-0.39, 0.29) is 0 Å². The molecule has 3 heterocycles. The van der Waals surface area contributed by atoms with E-state index in [1.807, 2.05) is 13.1 Å². The van der Waals surface area contributed by atoms with E-state index in [4.69, 9.17) is 11.6 Å². The van der Waals surface area contributed by atoms with Crippen LogP contribution in [-0.2, 0) is 25.7 Å². The van der Waals surface area contributed by atoms with Crippen LogP contribution in [0.5, 0.6) is 0 Å². The molecule has 0 saturated carbocycles. The number of imidazole rings is 1. The average molecular weight is 359 g/mol. The number of aromatic nitrogens is 3. The first-order valence-electron chi connectivity index (χ1n) is 7.73. The van der Waals surface area contributed by atoms with E-state index < -0.39 is 11.9 Å². The predicted molar refractivity (Wildman–Crippen MR) is 84.6 cm³/mol. The van der Waals surface area contributed by atoms with Crippen molar-refractivity contribution in [3.63, 3.8) is 0 Å². The molecule has 2 aromatic heterocycles. The Labute approximate surface area is 143 Å². The van der Waals surface area contributed by atoms with Gasteiger partial charge in [-0.2, -0.15) is 13.2 Å². The molecule has 2 aromatic rings. The van der Waals surface area contributed by atoms with Gasteiger partial charge in [0, 0.05) is 44.6 Å². The highest BCUT2D eigenvalue weighted by atomic mass is 35.5. The molecule has 0 amide bonds. The van der Waals surface area contributed by atoms with E-state index in [1.165, 1.54) is 0 Å². The molecule has 0 spiro atoms. The molecule has 4 nitrogen and oxygen atoms in total. The molecule has 0 radical (unpaired) electrons. The van der Waals surface area contributed by atoms with Gasteiger partial charge in [0.25, 0.3) is 0 Å². The average Bonchev–Trinajstić information content (AvgIpc) is 2.93. The van der Waals surface area contributed by atoms with Crippen LogP contribution in [0.15, 0.2) is 24.7 Å². The molecule has 1 aliphatic rings. The SMILES string of the molecule is CN(Cc1ccncc1Cl)CC1CCc2nc(C(F)(F)F)cn2C1. The lowest BCUT2D eigenvalue weighted by molar-refractivity contribution is -0.141. The Morgan fingerprint density at radius 2 is 2.21 bits per heavy atom. The maximum Gasteiger partial charge on any atom is 0.434 e. The van der Waals surface area contributed by atoms with Crippen LogP contribution in [-0.4, -0.2) is 33.0 Å². The standard InChI is InChI=1S/C16H18ClF3N4/c1-23(9-12-4-5-21-6-13(12)17)7-11-2-3-15-22-14(16(18,19)20)10-24(15)8-11/h4-6,10-11H,2-3,7-9H2,1H3. The summed E-state index contributed by atoms with van der Waals surface area (Å²) in [5.41, 5.74) is 0.197. The van der Waals surface area contributed by atoms with E-state index in [2.05, 4.69) is 14.9 Å². The Morgan fingerprint density at radius 3 is 2.92 bits per heavy atom. The van der Waals surface area contributed by atoms with Crippen LogP contribution in [0.2, 0.25) is 5.02 Å². The third-order valence-electron chi connectivity index (χ3n) is 4.25. The Kier molecular flexibility index (Phi) is 4.83. The largest absolute Gasteiger partial charge is 0.434 e. The smallest absolute Gasteiger partial charge is 0.334 e. The van der Waals surface area contributed by atoms with Gasteiger partial charge < -0.3 is 9.47 Å². The highest BCUT2D eigenvalue weighted by molar-refractivity contribution is 6.31. The highest BCUT2D eigenvalue weighted by Crippen LogP contribution is 2.31. The second-order valence-electron chi connectivity index (χ2n) is 6.26. The van der Waals surface area contributed by atoms with E-state index in [1.54, 1.807) is 17.0 Å². The van der Waals surface area contributed by atoms with Crippen molar-refractivity contribution in [1.29, 1.82) is 0 Å². The minimum Gasteiger partial charge on any atom is -0.334 e. The van der Waals surface area contributed by atoms with Crippen molar-refractivity contribution in [2.75, 3.05) is 13.6 Å². The zero-order valence-electron chi connectivity index (χ0n) is 13.2. The van der Waals surface area contributed by atoms with E-state index in [0.29, 0.717) is 36.3 Å². The monoisotopic (exact) mass is 358 g/mol. The van der Waals surface area contributed by atoms with E-state index in [0.717, 1.165) is 24.7 Å². The number of aryl methyl sites for hydroxylation is 1. The Hall–Kier alpha value is -1.60. The van der Waals surface area contributed by atoms with Gasteiger partial charge in [0.1, 0.15) is 5.82 Å². The van der Waals surface area contributed by atoms with Gasteiger partial charge in [0.05, 0.1) is 5.02 Å². The van der Waals surface area contributed by atoms with Gasteiger partial charge in [-0.3, -0.25) is 4.98 Å². The van der Waals surface area contributed by atoms with Crippen molar-refractivity contribution in [2.24, 2.45) is 5.92 Å².